The highest BCUT2D eigenvalue weighted by molar-refractivity contribution is 7.91. The zero-order chi connectivity index (χ0) is 18.3. The van der Waals surface area contributed by atoms with Gasteiger partial charge in [0.25, 0.3) is 0 Å². The minimum absolute atomic E-state index is 0.0647. The molecule has 6 nitrogen and oxygen atoms in total. The summed E-state index contributed by atoms with van der Waals surface area (Å²) >= 11 is 0. The van der Waals surface area contributed by atoms with Gasteiger partial charge in [-0.3, -0.25) is 5.10 Å². The lowest BCUT2D eigenvalue weighted by molar-refractivity contribution is 0.593. The van der Waals surface area contributed by atoms with E-state index in [4.69, 9.17) is 11.5 Å². The van der Waals surface area contributed by atoms with Crippen LogP contribution in [0.3, 0.4) is 0 Å². The fourth-order valence-corrected chi connectivity index (χ4v) is 4.78. The van der Waals surface area contributed by atoms with Crippen LogP contribution < -0.4 is 11.5 Å². The Bertz CT molecular complexity index is 1210. The van der Waals surface area contributed by atoms with Crippen molar-refractivity contribution < 1.29 is 8.42 Å². The summed E-state index contributed by atoms with van der Waals surface area (Å²) in [6, 6.07) is 17.5. The average Bonchev–Trinajstić information content (AvgIpc) is 3.12. The Morgan fingerprint density at radius 2 is 1.65 bits per heavy atom. The number of benzene rings is 3. The van der Waals surface area contributed by atoms with E-state index >= 15 is 0 Å². The van der Waals surface area contributed by atoms with Gasteiger partial charge in [0.15, 0.2) is 5.03 Å². The van der Waals surface area contributed by atoms with Crippen LogP contribution in [0.5, 0.6) is 0 Å². The zero-order valence-electron chi connectivity index (χ0n) is 13.9. The molecular formula is C19H18N4O2S. The molecule has 0 aliphatic rings. The predicted octanol–water partition coefficient (Wildman–Crippen LogP) is 2.51. The maximum atomic E-state index is 13.3. The maximum Gasteiger partial charge on any atom is 0.224 e. The van der Waals surface area contributed by atoms with Crippen LogP contribution in [-0.4, -0.2) is 25.2 Å². The van der Waals surface area contributed by atoms with Crippen LogP contribution in [0.1, 0.15) is 11.6 Å². The van der Waals surface area contributed by atoms with E-state index in [2.05, 4.69) is 10.2 Å². The van der Waals surface area contributed by atoms with Gasteiger partial charge < -0.3 is 11.5 Å². The van der Waals surface area contributed by atoms with Gasteiger partial charge in [-0.25, -0.2) is 8.42 Å². The summed E-state index contributed by atoms with van der Waals surface area (Å²) in [4.78, 5) is 0.245. The van der Waals surface area contributed by atoms with Gasteiger partial charge in [-0.15, -0.1) is 0 Å². The molecule has 26 heavy (non-hydrogen) atoms. The number of rotatable bonds is 4. The molecule has 0 amide bonds. The number of nitrogens with zero attached hydrogens (tertiary/aromatic N) is 1. The summed E-state index contributed by atoms with van der Waals surface area (Å²) < 4.78 is 26.7. The molecule has 132 valence electrons. The number of para-hydroxylation sites is 1. The molecule has 7 heteroatoms. The number of fused-ring (bicyclic) bond motifs is 2. The first-order chi connectivity index (χ1) is 12.5. The molecule has 1 atom stereocenters. The highest BCUT2D eigenvalue weighted by Gasteiger charge is 2.26. The first kappa shape index (κ1) is 16.7. The van der Waals surface area contributed by atoms with Crippen molar-refractivity contribution in [3.8, 4) is 0 Å². The molecule has 0 saturated heterocycles. The minimum Gasteiger partial charge on any atom is -0.329 e. The molecule has 4 rings (SSSR count). The van der Waals surface area contributed by atoms with Crippen LogP contribution in [0.2, 0.25) is 0 Å². The van der Waals surface area contributed by atoms with Gasteiger partial charge >= 0.3 is 0 Å². The second-order valence-electron chi connectivity index (χ2n) is 6.12. The monoisotopic (exact) mass is 366 g/mol. The second kappa shape index (κ2) is 6.21. The largest absolute Gasteiger partial charge is 0.329 e. The van der Waals surface area contributed by atoms with Crippen LogP contribution in [0.15, 0.2) is 70.6 Å². The van der Waals surface area contributed by atoms with E-state index in [0.717, 1.165) is 10.9 Å². The van der Waals surface area contributed by atoms with E-state index in [9.17, 15) is 8.42 Å². The standard InChI is InChI=1S/C19H18N4O2S/c20-11-16(21)14-8-4-9-15-18(14)22-23-19(15)26(24,25)17-10-3-6-12-5-1-2-7-13(12)17/h1-10,16H,11,20-21H2,(H,22,23). The Kier molecular flexibility index (Phi) is 3.99. The number of sulfone groups is 1. The van der Waals surface area contributed by atoms with E-state index < -0.39 is 15.9 Å². The van der Waals surface area contributed by atoms with Gasteiger partial charge in [-0.05, 0) is 23.1 Å². The Morgan fingerprint density at radius 1 is 0.962 bits per heavy atom. The summed E-state index contributed by atoms with van der Waals surface area (Å²) in [5.41, 5.74) is 13.0. The third kappa shape index (κ3) is 2.48. The van der Waals surface area contributed by atoms with E-state index in [-0.39, 0.29) is 16.5 Å². The maximum absolute atomic E-state index is 13.3. The van der Waals surface area contributed by atoms with Gasteiger partial charge in [0.1, 0.15) is 0 Å². The Hall–Kier alpha value is -2.74. The first-order valence-corrected chi connectivity index (χ1v) is 9.68. The first-order valence-electron chi connectivity index (χ1n) is 8.19. The molecule has 0 spiro atoms. The minimum atomic E-state index is -3.79. The molecule has 0 aliphatic carbocycles. The smallest absolute Gasteiger partial charge is 0.224 e. The lowest BCUT2D eigenvalue weighted by atomic mass is 10.1. The van der Waals surface area contributed by atoms with Gasteiger partial charge in [-0.1, -0.05) is 48.5 Å². The van der Waals surface area contributed by atoms with E-state index in [1.165, 1.54) is 0 Å². The number of aromatic amines is 1. The molecule has 1 heterocycles. The molecule has 0 fully saturated rings. The molecule has 3 aromatic carbocycles. The molecule has 0 radical (unpaired) electrons. The van der Waals surface area contributed by atoms with Crippen LogP contribution in [-0.2, 0) is 9.84 Å². The Morgan fingerprint density at radius 3 is 2.46 bits per heavy atom. The Balaban J connectivity index is 1.97. The Labute approximate surface area is 150 Å². The van der Waals surface area contributed by atoms with Gasteiger partial charge in [0.2, 0.25) is 9.84 Å². The lowest BCUT2D eigenvalue weighted by Crippen LogP contribution is -2.20. The van der Waals surface area contributed by atoms with Crippen molar-refractivity contribution in [3.05, 3.63) is 66.2 Å². The molecular weight excluding hydrogens is 348 g/mol. The number of H-pyrrole nitrogens is 1. The summed E-state index contributed by atoms with van der Waals surface area (Å²) in [6.07, 6.45) is 0. The third-order valence-corrected chi connectivity index (χ3v) is 6.33. The van der Waals surface area contributed by atoms with Crippen molar-refractivity contribution >= 4 is 31.5 Å². The molecule has 4 aromatic rings. The van der Waals surface area contributed by atoms with E-state index in [1.807, 2.05) is 30.3 Å². The summed E-state index contributed by atoms with van der Waals surface area (Å²) in [5, 5.41) is 9.04. The van der Waals surface area contributed by atoms with Crippen LogP contribution >= 0.6 is 0 Å². The highest BCUT2D eigenvalue weighted by atomic mass is 32.2. The SMILES string of the molecule is NCC(N)c1cccc2c(S(=O)(=O)c3cccc4ccccc34)[nH]nc12. The van der Waals surface area contributed by atoms with Crippen molar-refractivity contribution in [2.75, 3.05) is 6.54 Å². The second-order valence-corrected chi connectivity index (χ2v) is 7.97. The fourth-order valence-electron chi connectivity index (χ4n) is 3.21. The van der Waals surface area contributed by atoms with Crippen LogP contribution in [0.25, 0.3) is 21.7 Å². The average molecular weight is 366 g/mol. The predicted molar refractivity (Wildman–Crippen MR) is 101 cm³/mol. The molecule has 1 aromatic heterocycles. The van der Waals surface area contributed by atoms with Gasteiger partial charge in [-0.2, -0.15) is 5.10 Å². The lowest BCUT2D eigenvalue weighted by Gasteiger charge is -2.10. The number of nitrogens with one attached hydrogen (secondary N) is 1. The number of aromatic nitrogens is 2. The molecule has 0 aliphatic heterocycles. The van der Waals surface area contributed by atoms with E-state index in [1.54, 1.807) is 30.3 Å². The summed E-state index contributed by atoms with van der Waals surface area (Å²) in [7, 11) is -3.79. The topological polar surface area (TPSA) is 115 Å². The van der Waals surface area contributed by atoms with Gasteiger partial charge in [0, 0.05) is 23.4 Å². The van der Waals surface area contributed by atoms with Crippen molar-refractivity contribution in [1.29, 1.82) is 0 Å². The van der Waals surface area contributed by atoms with Crippen molar-refractivity contribution in [2.24, 2.45) is 11.5 Å². The third-order valence-electron chi connectivity index (χ3n) is 4.54. The molecule has 5 N–H and O–H groups in total. The zero-order valence-corrected chi connectivity index (χ0v) is 14.7. The van der Waals surface area contributed by atoms with Crippen LogP contribution in [0, 0.1) is 0 Å². The van der Waals surface area contributed by atoms with Gasteiger partial charge in [0.05, 0.1) is 10.4 Å². The van der Waals surface area contributed by atoms with E-state index in [0.29, 0.717) is 16.3 Å². The summed E-state index contributed by atoms with van der Waals surface area (Å²) in [5.74, 6) is 0. The highest BCUT2D eigenvalue weighted by Crippen LogP contribution is 2.32. The van der Waals surface area contributed by atoms with Crippen molar-refractivity contribution in [1.82, 2.24) is 10.2 Å². The molecule has 0 bridgehead atoms. The fraction of sp³-hybridized carbons (Fsp3) is 0.105. The number of hydrogen-bond donors (Lipinski definition) is 3. The normalized spacial score (nSPS) is 13.3. The molecule has 0 saturated carbocycles. The number of nitrogens with two attached hydrogens (primary N) is 2. The molecule has 1 unspecified atom stereocenters. The van der Waals surface area contributed by atoms with Crippen molar-refractivity contribution in [2.45, 2.75) is 16.0 Å². The van der Waals surface area contributed by atoms with Crippen LogP contribution in [0.4, 0.5) is 0 Å². The quantitative estimate of drug-likeness (QED) is 0.513. The summed E-state index contributed by atoms with van der Waals surface area (Å²) in [6.45, 7) is 0.247. The number of hydrogen-bond acceptors (Lipinski definition) is 5. The van der Waals surface area contributed by atoms with Crippen molar-refractivity contribution in [3.63, 3.8) is 0 Å².